The summed E-state index contributed by atoms with van der Waals surface area (Å²) >= 11 is 0. The molecule has 0 fully saturated rings. The second kappa shape index (κ2) is 7.20. The Balaban J connectivity index is 2.43. The van der Waals surface area contributed by atoms with Crippen LogP contribution in [-0.4, -0.2) is 41.3 Å². The number of rotatable bonds is 7. The summed E-state index contributed by atoms with van der Waals surface area (Å²) in [4.78, 5) is 19.9. The maximum absolute atomic E-state index is 11.4. The van der Waals surface area contributed by atoms with Gasteiger partial charge in [-0.1, -0.05) is 13.8 Å². The van der Waals surface area contributed by atoms with Gasteiger partial charge in [-0.05, 0) is 18.4 Å². The summed E-state index contributed by atoms with van der Waals surface area (Å²) in [6.45, 7) is 3.90. The van der Waals surface area contributed by atoms with E-state index in [9.17, 15) is 9.90 Å². The highest BCUT2D eigenvalue weighted by molar-refractivity contribution is 5.92. The highest BCUT2D eigenvalue weighted by Gasteiger charge is 2.20. The molecule has 2 rings (SSSR count). The number of aromatic nitrogens is 2. The molecule has 1 aromatic heterocycles. The number of hydrogen-bond acceptors (Lipinski definition) is 7. The van der Waals surface area contributed by atoms with Crippen LogP contribution in [0.3, 0.4) is 0 Å². The number of nitrogens with one attached hydrogen (secondary N) is 1. The standard InChI is InChI=1S/C16H22N4O4/c1-8(2)5-11(15(21)22)19-16-18-10-7-13(24-4)12(23-3)6-9(10)14(17)20-16/h6-8,11H,5H2,1-4H3,(H,21,22)(H3,17,18,19,20)/t11-/m0/s1. The van der Waals surface area contributed by atoms with Crippen LogP contribution in [-0.2, 0) is 4.79 Å². The molecular formula is C16H22N4O4. The third-order valence-corrected chi connectivity index (χ3v) is 3.54. The first-order valence-electron chi connectivity index (χ1n) is 7.54. The Morgan fingerprint density at radius 2 is 1.88 bits per heavy atom. The van der Waals surface area contributed by atoms with Crippen LogP contribution in [0.25, 0.3) is 10.9 Å². The zero-order valence-corrected chi connectivity index (χ0v) is 14.2. The van der Waals surface area contributed by atoms with Gasteiger partial charge in [0.15, 0.2) is 11.5 Å². The Bertz CT molecular complexity index is 748. The minimum Gasteiger partial charge on any atom is -0.493 e. The summed E-state index contributed by atoms with van der Waals surface area (Å²) in [6.07, 6.45) is 0.447. The summed E-state index contributed by atoms with van der Waals surface area (Å²) in [7, 11) is 3.05. The van der Waals surface area contributed by atoms with Crippen molar-refractivity contribution < 1.29 is 19.4 Å². The van der Waals surface area contributed by atoms with Crippen molar-refractivity contribution in [2.24, 2.45) is 5.92 Å². The molecule has 0 aliphatic carbocycles. The lowest BCUT2D eigenvalue weighted by atomic mass is 10.0. The summed E-state index contributed by atoms with van der Waals surface area (Å²) in [5.41, 5.74) is 6.53. The van der Waals surface area contributed by atoms with Gasteiger partial charge in [0.2, 0.25) is 5.95 Å². The van der Waals surface area contributed by atoms with E-state index in [1.54, 1.807) is 12.1 Å². The number of nitrogens with zero attached hydrogens (tertiary/aromatic N) is 2. The smallest absolute Gasteiger partial charge is 0.326 e. The molecule has 130 valence electrons. The molecule has 8 nitrogen and oxygen atoms in total. The van der Waals surface area contributed by atoms with Crippen molar-refractivity contribution in [2.75, 3.05) is 25.3 Å². The minimum absolute atomic E-state index is 0.167. The Labute approximate surface area is 140 Å². The van der Waals surface area contributed by atoms with Gasteiger partial charge in [0.05, 0.1) is 19.7 Å². The van der Waals surface area contributed by atoms with Gasteiger partial charge in [0.25, 0.3) is 0 Å². The zero-order chi connectivity index (χ0) is 17.9. The van der Waals surface area contributed by atoms with Gasteiger partial charge >= 0.3 is 5.97 Å². The van der Waals surface area contributed by atoms with E-state index in [0.717, 1.165) is 0 Å². The van der Waals surface area contributed by atoms with Gasteiger partial charge in [-0.2, -0.15) is 4.98 Å². The number of carboxylic acid groups (broad SMARTS) is 1. The maximum Gasteiger partial charge on any atom is 0.326 e. The van der Waals surface area contributed by atoms with Crippen LogP contribution in [0.15, 0.2) is 12.1 Å². The van der Waals surface area contributed by atoms with Gasteiger partial charge in [-0.25, -0.2) is 9.78 Å². The van der Waals surface area contributed by atoms with Crippen molar-refractivity contribution >= 4 is 28.6 Å². The van der Waals surface area contributed by atoms with Gasteiger partial charge in [-0.15, -0.1) is 0 Å². The number of carboxylic acids is 1. The second-order valence-electron chi connectivity index (χ2n) is 5.82. The number of methoxy groups -OCH3 is 2. The third-order valence-electron chi connectivity index (χ3n) is 3.54. The first-order valence-corrected chi connectivity index (χ1v) is 7.54. The Kier molecular flexibility index (Phi) is 5.28. The summed E-state index contributed by atoms with van der Waals surface area (Å²) in [6, 6.07) is 2.58. The van der Waals surface area contributed by atoms with Gasteiger partial charge in [0, 0.05) is 11.5 Å². The van der Waals surface area contributed by atoms with Crippen LogP contribution in [0.4, 0.5) is 11.8 Å². The number of hydrogen-bond donors (Lipinski definition) is 3. The summed E-state index contributed by atoms with van der Waals surface area (Å²) in [5.74, 6) is 0.673. The number of aliphatic carboxylic acids is 1. The average Bonchev–Trinajstić information content (AvgIpc) is 2.52. The molecule has 1 heterocycles. The van der Waals surface area contributed by atoms with Crippen LogP contribution in [0.5, 0.6) is 11.5 Å². The van der Waals surface area contributed by atoms with E-state index in [2.05, 4.69) is 15.3 Å². The van der Waals surface area contributed by atoms with Crippen LogP contribution in [0.2, 0.25) is 0 Å². The first kappa shape index (κ1) is 17.6. The number of nitrogens with two attached hydrogens (primary N) is 1. The summed E-state index contributed by atoms with van der Waals surface area (Å²) in [5, 5.41) is 12.8. The lowest BCUT2D eigenvalue weighted by Crippen LogP contribution is -2.31. The Morgan fingerprint density at radius 1 is 1.25 bits per heavy atom. The van der Waals surface area contributed by atoms with E-state index in [4.69, 9.17) is 15.2 Å². The fourth-order valence-corrected chi connectivity index (χ4v) is 2.39. The van der Waals surface area contributed by atoms with Gasteiger partial charge < -0.3 is 25.6 Å². The third kappa shape index (κ3) is 3.76. The SMILES string of the molecule is COc1cc2nc(N[C@@H](CC(C)C)C(=O)O)nc(N)c2cc1OC. The van der Waals surface area contributed by atoms with E-state index < -0.39 is 12.0 Å². The fraction of sp³-hybridized carbons (Fsp3) is 0.438. The van der Waals surface area contributed by atoms with Gasteiger partial charge in [0.1, 0.15) is 11.9 Å². The lowest BCUT2D eigenvalue weighted by molar-refractivity contribution is -0.138. The number of ether oxygens (including phenoxy) is 2. The Morgan fingerprint density at radius 3 is 2.42 bits per heavy atom. The number of anilines is 2. The van der Waals surface area contributed by atoms with Crippen molar-refractivity contribution in [3.05, 3.63) is 12.1 Å². The first-order chi connectivity index (χ1) is 11.3. The molecular weight excluding hydrogens is 312 g/mol. The second-order valence-corrected chi connectivity index (χ2v) is 5.82. The molecule has 2 aromatic rings. The molecule has 0 amide bonds. The number of carbonyl (C=O) groups is 1. The van der Waals surface area contributed by atoms with Crippen molar-refractivity contribution in [3.63, 3.8) is 0 Å². The maximum atomic E-state index is 11.4. The topological polar surface area (TPSA) is 120 Å². The van der Waals surface area contributed by atoms with Crippen LogP contribution in [0, 0.1) is 5.92 Å². The van der Waals surface area contributed by atoms with Gasteiger partial charge in [-0.3, -0.25) is 0 Å². The van der Waals surface area contributed by atoms with Crippen LogP contribution >= 0.6 is 0 Å². The van der Waals surface area contributed by atoms with E-state index >= 15 is 0 Å². The highest BCUT2D eigenvalue weighted by atomic mass is 16.5. The van der Waals surface area contributed by atoms with Crippen molar-refractivity contribution in [1.29, 1.82) is 0 Å². The number of nitrogen functional groups attached to an aromatic ring is 1. The molecule has 4 N–H and O–H groups in total. The van der Waals surface area contributed by atoms with E-state index in [1.165, 1.54) is 14.2 Å². The lowest BCUT2D eigenvalue weighted by Gasteiger charge is -2.17. The average molecular weight is 334 g/mol. The van der Waals surface area contributed by atoms with Crippen LogP contribution < -0.4 is 20.5 Å². The van der Waals surface area contributed by atoms with Crippen molar-refractivity contribution in [2.45, 2.75) is 26.3 Å². The van der Waals surface area contributed by atoms with E-state index in [-0.39, 0.29) is 17.7 Å². The van der Waals surface area contributed by atoms with E-state index in [0.29, 0.717) is 28.8 Å². The normalized spacial score (nSPS) is 12.2. The molecule has 8 heteroatoms. The Hall–Kier alpha value is -2.77. The van der Waals surface area contributed by atoms with E-state index in [1.807, 2.05) is 13.8 Å². The predicted octanol–water partition coefficient (Wildman–Crippen LogP) is 2.14. The van der Waals surface area contributed by atoms with Crippen LogP contribution in [0.1, 0.15) is 20.3 Å². The monoisotopic (exact) mass is 334 g/mol. The highest BCUT2D eigenvalue weighted by Crippen LogP contribution is 2.33. The van der Waals surface area contributed by atoms with Crippen molar-refractivity contribution in [3.8, 4) is 11.5 Å². The van der Waals surface area contributed by atoms with Crippen molar-refractivity contribution in [1.82, 2.24) is 9.97 Å². The molecule has 0 aliphatic heterocycles. The number of benzene rings is 1. The molecule has 0 radical (unpaired) electrons. The molecule has 1 atom stereocenters. The molecule has 0 spiro atoms. The molecule has 0 unspecified atom stereocenters. The fourth-order valence-electron chi connectivity index (χ4n) is 2.39. The quantitative estimate of drug-likeness (QED) is 0.704. The molecule has 24 heavy (non-hydrogen) atoms. The minimum atomic E-state index is -0.960. The molecule has 0 aliphatic rings. The largest absolute Gasteiger partial charge is 0.493 e. The molecule has 0 bridgehead atoms. The zero-order valence-electron chi connectivity index (χ0n) is 14.2. The molecule has 0 saturated heterocycles. The predicted molar refractivity (Wildman–Crippen MR) is 91.6 cm³/mol. The summed E-state index contributed by atoms with van der Waals surface area (Å²) < 4.78 is 10.5. The molecule has 0 saturated carbocycles. The molecule has 1 aromatic carbocycles. The number of fused-ring (bicyclic) bond motifs is 1.